The Morgan fingerprint density at radius 1 is 1.39 bits per heavy atom. The molecular formula is C15H21NO2. The summed E-state index contributed by atoms with van der Waals surface area (Å²) in [5, 5.41) is 12.7. The van der Waals surface area contributed by atoms with Crippen molar-refractivity contribution >= 4 is 5.91 Å². The molecule has 0 saturated heterocycles. The van der Waals surface area contributed by atoms with Crippen LogP contribution in [0.2, 0.25) is 0 Å². The number of aryl methyl sites for hydroxylation is 2. The number of carbonyl (C=O) groups excluding carboxylic acids is 1. The second-order valence-electron chi connectivity index (χ2n) is 5.37. The topological polar surface area (TPSA) is 49.3 Å². The molecule has 0 aliphatic heterocycles. The summed E-state index contributed by atoms with van der Waals surface area (Å²) in [4.78, 5) is 12.0. The number of hydrogen-bond donors (Lipinski definition) is 2. The second kappa shape index (κ2) is 5.11. The third-order valence-corrected chi connectivity index (χ3v) is 3.75. The van der Waals surface area contributed by atoms with Crippen molar-refractivity contribution in [1.82, 2.24) is 5.32 Å². The highest BCUT2D eigenvalue weighted by atomic mass is 16.3. The molecule has 1 atom stereocenters. The summed E-state index contributed by atoms with van der Waals surface area (Å²) in [7, 11) is 0. The minimum atomic E-state index is -0.827. The number of hydrogen-bond acceptors (Lipinski definition) is 2. The van der Waals surface area contributed by atoms with E-state index in [4.69, 9.17) is 0 Å². The number of benzene rings is 1. The lowest BCUT2D eigenvalue weighted by molar-refractivity contribution is 0.0518. The maximum absolute atomic E-state index is 12.0. The van der Waals surface area contributed by atoms with Crippen LogP contribution in [-0.4, -0.2) is 23.2 Å². The van der Waals surface area contributed by atoms with Crippen molar-refractivity contribution in [3.8, 4) is 0 Å². The number of carbonyl (C=O) groups is 1. The van der Waals surface area contributed by atoms with Gasteiger partial charge in [0.05, 0.1) is 5.60 Å². The molecule has 0 spiro atoms. The predicted octanol–water partition coefficient (Wildman–Crippen LogP) is 2.07. The zero-order valence-electron chi connectivity index (χ0n) is 11.1. The molecule has 1 aromatic rings. The van der Waals surface area contributed by atoms with Crippen LogP contribution in [0.3, 0.4) is 0 Å². The summed E-state index contributed by atoms with van der Waals surface area (Å²) in [5.41, 5.74) is 2.53. The molecule has 0 saturated carbocycles. The first-order chi connectivity index (χ1) is 8.52. The average molecular weight is 247 g/mol. The molecule has 18 heavy (non-hydrogen) atoms. The third-order valence-electron chi connectivity index (χ3n) is 3.75. The summed E-state index contributed by atoms with van der Waals surface area (Å²) in [6, 6.07) is 5.91. The number of nitrogens with one attached hydrogen (secondary N) is 1. The van der Waals surface area contributed by atoms with Gasteiger partial charge in [0.2, 0.25) is 0 Å². The Balaban J connectivity index is 2.01. The fourth-order valence-electron chi connectivity index (χ4n) is 2.21. The minimum absolute atomic E-state index is 0.0987. The Labute approximate surface area is 108 Å². The van der Waals surface area contributed by atoms with Gasteiger partial charge in [-0.2, -0.15) is 0 Å². The molecule has 1 unspecified atom stereocenters. The van der Waals surface area contributed by atoms with E-state index in [2.05, 4.69) is 11.4 Å². The van der Waals surface area contributed by atoms with E-state index in [1.54, 1.807) is 6.92 Å². The maximum atomic E-state index is 12.0. The molecule has 3 nitrogen and oxygen atoms in total. The fraction of sp³-hybridized carbons (Fsp3) is 0.533. The van der Waals surface area contributed by atoms with Crippen molar-refractivity contribution < 1.29 is 9.90 Å². The van der Waals surface area contributed by atoms with Crippen molar-refractivity contribution in [1.29, 1.82) is 0 Å². The van der Waals surface area contributed by atoms with Crippen LogP contribution in [0.1, 0.15) is 48.2 Å². The van der Waals surface area contributed by atoms with Crippen LogP contribution in [0.25, 0.3) is 0 Å². The van der Waals surface area contributed by atoms with E-state index in [0.717, 1.165) is 12.8 Å². The maximum Gasteiger partial charge on any atom is 0.251 e. The van der Waals surface area contributed by atoms with Crippen LogP contribution in [-0.2, 0) is 12.8 Å². The lowest BCUT2D eigenvalue weighted by Crippen LogP contribution is -2.40. The summed E-state index contributed by atoms with van der Waals surface area (Å²) in [5.74, 6) is -0.0987. The van der Waals surface area contributed by atoms with Gasteiger partial charge < -0.3 is 10.4 Å². The van der Waals surface area contributed by atoms with Crippen LogP contribution >= 0.6 is 0 Å². The first kappa shape index (κ1) is 13.1. The Bertz CT molecular complexity index is 452. The fourth-order valence-corrected chi connectivity index (χ4v) is 2.21. The molecular weight excluding hydrogens is 226 g/mol. The van der Waals surface area contributed by atoms with E-state index in [9.17, 15) is 9.90 Å². The lowest BCUT2D eigenvalue weighted by atomic mass is 10.0. The smallest absolute Gasteiger partial charge is 0.251 e. The molecule has 1 aliphatic carbocycles. The molecule has 0 aromatic heterocycles. The van der Waals surface area contributed by atoms with Gasteiger partial charge in [0.15, 0.2) is 0 Å². The van der Waals surface area contributed by atoms with Gasteiger partial charge in [-0.1, -0.05) is 13.0 Å². The third kappa shape index (κ3) is 2.91. The molecule has 98 valence electrons. The zero-order valence-corrected chi connectivity index (χ0v) is 11.1. The van der Waals surface area contributed by atoms with E-state index in [1.165, 1.54) is 17.5 Å². The average Bonchev–Trinajstić information content (AvgIpc) is 2.83. The number of rotatable bonds is 4. The van der Waals surface area contributed by atoms with E-state index in [1.807, 2.05) is 19.1 Å². The van der Waals surface area contributed by atoms with Crippen LogP contribution in [0.15, 0.2) is 18.2 Å². The van der Waals surface area contributed by atoms with E-state index in [0.29, 0.717) is 18.5 Å². The number of fused-ring (bicyclic) bond motifs is 1. The Morgan fingerprint density at radius 3 is 2.83 bits per heavy atom. The molecule has 1 amide bonds. The quantitative estimate of drug-likeness (QED) is 0.855. The second-order valence-corrected chi connectivity index (χ2v) is 5.37. The highest BCUT2D eigenvalue weighted by Crippen LogP contribution is 2.22. The molecule has 2 N–H and O–H groups in total. The minimum Gasteiger partial charge on any atom is -0.388 e. The van der Waals surface area contributed by atoms with Gasteiger partial charge in [-0.15, -0.1) is 0 Å². The lowest BCUT2D eigenvalue weighted by Gasteiger charge is -2.21. The highest BCUT2D eigenvalue weighted by Gasteiger charge is 2.19. The summed E-state index contributed by atoms with van der Waals surface area (Å²) < 4.78 is 0. The molecule has 1 aromatic carbocycles. The monoisotopic (exact) mass is 247 g/mol. The largest absolute Gasteiger partial charge is 0.388 e. The van der Waals surface area contributed by atoms with Gasteiger partial charge in [-0.05, 0) is 55.9 Å². The molecule has 0 heterocycles. The standard InChI is InChI=1S/C15H21NO2/c1-3-15(2,18)10-16-14(17)13-8-7-11-5-4-6-12(11)9-13/h7-9,18H,3-6,10H2,1-2H3,(H,16,17). The Kier molecular flexibility index (Phi) is 3.71. The van der Waals surface area contributed by atoms with Crippen LogP contribution < -0.4 is 5.32 Å². The van der Waals surface area contributed by atoms with Crippen LogP contribution in [0.5, 0.6) is 0 Å². The number of aliphatic hydroxyl groups is 1. The highest BCUT2D eigenvalue weighted by molar-refractivity contribution is 5.94. The van der Waals surface area contributed by atoms with Gasteiger partial charge in [0, 0.05) is 12.1 Å². The Morgan fingerprint density at radius 2 is 2.11 bits per heavy atom. The van der Waals surface area contributed by atoms with E-state index >= 15 is 0 Å². The summed E-state index contributed by atoms with van der Waals surface area (Å²) >= 11 is 0. The summed E-state index contributed by atoms with van der Waals surface area (Å²) in [6.45, 7) is 3.93. The van der Waals surface area contributed by atoms with E-state index < -0.39 is 5.60 Å². The van der Waals surface area contributed by atoms with Crippen molar-refractivity contribution in [3.05, 3.63) is 34.9 Å². The van der Waals surface area contributed by atoms with Crippen LogP contribution in [0.4, 0.5) is 0 Å². The first-order valence-electron chi connectivity index (χ1n) is 6.64. The molecule has 3 heteroatoms. The normalized spacial score (nSPS) is 17.1. The zero-order chi connectivity index (χ0) is 13.2. The first-order valence-corrected chi connectivity index (χ1v) is 6.64. The molecule has 1 aliphatic rings. The Hall–Kier alpha value is -1.35. The molecule has 0 fully saturated rings. The predicted molar refractivity (Wildman–Crippen MR) is 71.7 cm³/mol. The van der Waals surface area contributed by atoms with Crippen molar-refractivity contribution in [2.24, 2.45) is 0 Å². The van der Waals surface area contributed by atoms with Crippen LogP contribution in [0, 0.1) is 0 Å². The van der Waals surface area contributed by atoms with Gasteiger partial charge >= 0.3 is 0 Å². The van der Waals surface area contributed by atoms with Crippen molar-refractivity contribution in [2.45, 2.75) is 45.1 Å². The van der Waals surface area contributed by atoms with Gasteiger partial charge in [-0.25, -0.2) is 0 Å². The SMILES string of the molecule is CCC(C)(O)CNC(=O)c1ccc2c(c1)CCC2. The summed E-state index contributed by atoms with van der Waals surface area (Å²) in [6.07, 6.45) is 4.01. The number of amides is 1. The van der Waals surface area contributed by atoms with E-state index in [-0.39, 0.29) is 5.91 Å². The van der Waals surface area contributed by atoms with Gasteiger partial charge in [0.25, 0.3) is 5.91 Å². The molecule has 0 radical (unpaired) electrons. The van der Waals surface area contributed by atoms with Crippen molar-refractivity contribution in [2.75, 3.05) is 6.54 Å². The van der Waals surface area contributed by atoms with Gasteiger partial charge in [0.1, 0.15) is 0 Å². The van der Waals surface area contributed by atoms with Gasteiger partial charge in [-0.3, -0.25) is 4.79 Å². The molecule has 2 rings (SSSR count). The van der Waals surface area contributed by atoms with Crippen molar-refractivity contribution in [3.63, 3.8) is 0 Å². The molecule has 0 bridgehead atoms.